The molecule has 0 radical (unpaired) electrons. The van der Waals surface area contributed by atoms with Gasteiger partial charge < -0.3 is 15.2 Å². The SMILES string of the molecule is CCCNC(CO)(COc1cccc(F)c1F)C1CC1. The standard InChI is InChI=1S/C15H21F2NO2/c1-2-8-18-15(9-19,11-6-7-11)10-20-13-5-3-4-12(16)14(13)17/h3-5,11,18-19H,2,6-10H2,1H3. The van der Waals surface area contributed by atoms with Crippen LogP contribution in [-0.2, 0) is 0 Å². The van der Waals surface area contributed by atoms with Crippen molar-refractivity contribution in [1.82, 2.24) is 5.32 Å². The molecule has 0 aliphatic heterocycles. The second kappa shape index (κ2) is 6.50. The third-order valence-electron chi connectivity index (χ3n) is 3.77. The summed E-state index contributed by atoms with van der Waals surface area (Å²) >= 11 is 0. The molecule has 2 N–H and O–H groups in total. The summed E-state index contributed by atoms with van der Waals surface area (Å²) in [5.41, 5.74) is -0.561. The molecule has 1 unspecified atom stereocenters. The van der Waals surface area contributed by atoms with Gasteiger partial charge in [-0.15, -0.1) is 0 Å². The first-order valence-electron chi connectivity index (χ1n) is 7.05. The van der Waals surface area contributed by atoms with E-state index in [1.165, 1.54) is 12.1 Å². The minimum absolute atomic E-state index is 0.0748. The van der Waals surface area contributed by atoms with Crippen molar-refractivity contribution in [1.29, 1.82) is 0 Å². The Labute approximate surface area is 117 Å². The third-order valence-corrected chi connectivity index (χ3v) is 3.77. The van der Waals surface area contributed by atoms with Crippen LogP contribution in [0.2, 0.25) is 0 Å². The second-order valence-electron chi connectivity index (χ2n) is 5.36. The highest BCUT2D eigenvalue weighted by atomic mass is 19.2. The minimum atomic E-state index is -0.981. The van der Waals surface area contributed by atoms with Crippen LogP contribution in [0.25, 0.3) is 0 Å². The van der Waals surface area contributed by atoms with E-state index in [2.05, 4.69) is 5.32 Å². The molecule has 20 heavy (non-hydrogen) atoms. The molecule has 0 spiro atoms. The highest BCUT2D eigenvalue weighted by Crippen LogP contribution is 2.40. The topological polar surface area (TPSA) is 41.5 Å². The molecule has 0 amide bonds. The van der Waals surface area contributed by atoms with E-state index in [-0.39, 0.29) is 19.0 Å². The van der Waals surface area contributed by atoms with E-state index in [0.29, 0.717) is 5.92 Å². The van der Waals surface area contributed by atoms with Crippen LogP contribution in [0.3, 0.4) is 0 Å². The number of aliphatic hydroxyl groups is 1. The lowest BCUT2D eigenvalue weighted by atomic mass is 9.95. The monoisotopic (exact) mass is 285 g/mol. The zero-order valence-corrected chi connectivity index (χ0v) is 11.7. The van der Waals surface area contributed by atoms with Gasteiger partial charge in [0.05, 0.1) is 12.1 Å². The van der Waals surface area contributed by atoms with E-state index in [4.69, 9.17) is 4.74 Å². The normalized spacial score (nSPS) is 17.8. The van der Waals surface area contributed by atoms with Crippen molar-refractivity contribution in [2.45, 2.75) is 31.7 Å². The van der Waals surface area contributed by atoms with E-state index in [0.717, 1.165) is 31.9 Å². The number of rotatable bonds is 8. The molecule has 0 heterocycles. The number of ether oxygens (including phenoxy) is 1. The fourth-order valence-electron chi connectivity index (χ4n) is 2.36. The average Bonchev–Trinajstić information content (AvgIpc) is 3.29. The number of benzene rings is 1. The Kier molecular flexibility index (Phi) is 4.94. The minimum Gasteiger partial charge on any atom is -0.488 e. The Morgan fingerprint density at radius 3 is 2.75 bits per heavy atom. The van der Waals surface area contributed by atoms with Gasteiger partial charge in [-0.2, -0.15) is 4.39 Å². The fraction of sp³-hybridized carbons (Fsp3) is 0.600. The first-order chi connectivity index (χ1) is 9.63. The van der Waals surface area contributed by atoms with E-state index < -0.39 is 17.2 Å². The third kappa shape index (κ3) is 3.27. The molecule has 3 nitrogen and oxygen atoms in total. The first kappa shape index (κ1) is 15.2. The van der Waals surface area contributed by atoms with Gasteiger partial charge in [-0.05, 0) is 43.9 Å². The summed E-state index contributed by atoms with van der Waals surface area (Å²) in [5.74, 6) is -1.69. The van der Waals surface area contributed by atoms with Gasteiger partial charge in [-0.25, -0.2) is 4.39 Å². The number of aliphatic hydroxyl groups excluding tert-OH is 1. The Balaban J connectivity index is 2.06. The van der Waals surface area contributed by atoms with E-state index in [1.54, 1.807) is 0 Å². The average molecular weight is 285 g/mol. The summed E-state index contributed by atoms with van der Waals surface area (Å²) in [7, 11) is 0. The first-order valence-corrected chi connectivity index (χ1v) is 7.05. The van der Waals surface area contributed by atoms with Gasteiger partial charge in [0.15, 0.2) is 11.6 Å². The highest BCUT2D eigenvalue weighted by molar-refractivity contribution is 5.25. The van der Waals surface area contributed by atoms with Crippen molar-refractivity contribution < 1.29 is 18.6 Å². The highest BCUT2D eigenvalue weighted by Gasteiger charge is 2.45. The van der Waals surface area contributed by atoms with Crippen LogP contribution in [0.15, 0.2) is 18.2 Å². The largest absolute Gasteiger partial charge is 0.488 e. The second-order valence-corrected chi connectivity index (χ2v) is 5.36. The van der Waals surface area contributed by atoms with Crippen molar-refractivity contribution in [3.63, 3.8) is 0 Å². The molecule has 1 atom stereocenters. The van der Waals surface area contributed by atoms with Crippen LogP contribution in [0.1, 0.15) is 26.2 Å². The van der Waals surface area contributed by atoms with Crippen LogP contribution in [0.5, 0.6) is 5.75 Å². The quantitative estimate of drug-likeness (QED) is 0.771. The zero-order chi connectivity index (χ0) is 14.6. The summed E-state index contributed by atoms with van der Waals surface area (Å²) < 4.78 is 32.1. The summed E-state index contributed by atoms with van der Waals surface area (Å²) in [6, 6.07) is 3.86. The Bertz CT molecular complexity index is 451. The molecule has 1 aromatic rings. The van der Waals surface area contributed by atoms with Crippen LogP contribution in [0.4, 0.5) is 8.78 Å². The Hall–Kier alpha value is -1.20. The van der Waals surface area contributed by atoms with Gasteiger partial charge in [0.2, 0.25) is 5.82 Å². The smallest absolute Gasteiger partial charge is 0.200 e. The molecule has 0 saturated heterocycles. The summed E-state index contributed by atoms with van der Waals surface area (Å²) in [6.07, 6.45) is 2.97. The van der Waals surface area contributed by atoms with Crippen molar-refractivity contribution in [2.75, 3.05) is 19.8 Å². The van der Waals surface area contributed by atoms with Crippen LogP contribution >= 0.6 is 0 Å². The maximum atomic E-state index is 13.6. The molecular weight excluding hydrogens is 264 g/mol. The van der Waals surface area contributed by atoms with Gasteiger partial charge >= 0.3 is 0 Å². The lowest BCUT2D eigenvalue weighted by Crippen LogP contribution is -2.55. The Morgan fingerprint density at radius 2 is 2.15 bits per heavy atom. The molecule has 2 rings (SSSR count). The number of halogens is 2. The maximum absolute atomic E-state index is 13.6. The summed E-state index contributed by atoms with van der Waals surface area (Å²) in [4.78, 5) is 0. The predicted molar refractivity (Wildman–Crippen MR) is 72.7 cm³/mol. The van der Waals surface area contributed by atoms with Gasteiger partial charge in [0.1, 0.15) is 6.61 Å². The molecule has 5 heteroatoms. The number of nitrogens with one attached hydrogen (secondary N) is 1. The molecule has 1 saturated carbocycles. The van der Waals surface area contributed by atoms with Crippen molar-refractivity contribution >= 4 is 0 Å². The Morgan fingerprint density at radius 1 is 1.40 bits per heavy atom. The molecule has 1 aliphatic rings. The number of hydrogen-bond acceptors (Lipinski definition) is 3. The lowest BCUT2D eigenvalue weighted by Gasteiger charge is -2.33. The van der Waals surface area contributed by atoms with Crippen LogP contribution in [-0.4, -0.2) is 30.4 Å². The lowest BCUT2D eigenvalue weighted by molar-refractivity contribution is 0.0829. The summed E-state index contributed by atoms with van der Waals surface area (Å²) in [6.45, 7) is 2.85. The van der Waals surface area contributed by atoms with Gasteiger partial charge in [0.25, 0.3) is 0 Å². The molecular formula is C15H21F2NO2. The van der Waals surface area contributed by atoms with Gasteiger partial charge in [-0.1, -0.05) is 13.0 Å². The van der Waals surface area contributed by atoms with E-state index >= 15 is 0 Å². The molecule has 0 aromatic heterocycles. The van der Waals surface area contributed by atoms with Crippen molar-refractivity contribution in [3.8, 4) is 5.75 Å². The van der Waals surface area contributed by atoms with Crippen molar-refractivity contribution in [3.05, 3.63) is 29.8 Å². The van der Waals surface area contributed by atoms with Crippen molar-refractivity contribution in [2.24, 2.45) is 5.92 Å². The maximum Gasteiger partial charge on any atom is 0.200 e. The molecule has 1 aromatic carbocycles. The summed E-state index contributed by atoms with van der Waals surface area (Å²) in [5, 5.41) is 13.0. The van der Waals surface area contributed by atoms with E-state index in [1.807, 2.05) is 6.92 Å². The molecule has 1 fully saturated rings. The molecule has 0 bridgehead atoms. The molecule has 112 valence electrons. The molecule has 1 aliphatic carbocycles. The van der Waals surface area contributed by atoms with Gasteiger partial charge in [-0.3, -0.25) is 0 Å². The van der Waals surface area contributed by atoms with E-state index in [9.17, 15) is 13.9 Å². The zero-order valence-electron chi connectivity index (χ0n) is 11.7. The fourth-order valence-corrected chi connectivity index (χ4v) is 2.36. The van der Waals surface area contributed by atoms with Crippen LogP contribution in [0, 0.1) is 17.6 Å². The number of hydrogen-bond donors (Lipinski definition) is 2. The van der Waals surface area contributed by atoms with Gasteiger partial charge in [0, 0.05) is 0 Å². The predicted octanol–water partition coefficient (Wildman–Crippen LogP) is 2.48. The van der Waals surface area contributed by atoms with Crippen LogP contribution < -0.4 is 10.1 Å².